The van der Waals surface area contributed by atoms with Gasteiger partial charge in [0.05, 0.1) is 18.8 Å². The van der Waals surface area contributed by atoms with Crippen molar-refractivity contribution in [2.75, 3.05) is 13.7 Å². The Balaban J connectivity index is 1.78. The molecule has 23 heavy (non-hydrogen) atoms. The van der Waals surface area contributed by atoms with Gasteiger partial charge in [0, 0.05) is 25.1 Å². The van der Waals surface area contributed by atoms with E-state index < -0.39 is 5.91 Å². The average Bonchev–Trinajstić information content (AvgIpc) is 3.07. The molecule has 0 aliphatic heterocycles. The fourth-order valence-corrected chi connectivity index (χ4v) is 2.22. The van der Waals surface area contributed by atoms with E-state index in [1.54, 1.807) is 30.5 Å². The summed E-state index contributed by atoms with van der Waals surface area (Å²) in [7, 11) is 1.52. The van der Waals surface area contributed by atoms with Crippen LogP contribution in [0.25, 0.3) is 11.0 Å². The number of ether oxygens (including phenoxy) is 1. The number of hydrogen-bond donors (Lipinski definition) is 1. The van der Waals surface area contributed by atoms with Crippen molar-refractivity contribution in [3.63, 3.8) is 0 Å². The molecule has 0 atom stereocenters. The maximum Gasteiger partial charge on any atom is 0.287 e. The summed E-state index contributed by atoms with van der Waals surface area (Å²) in [5, 5.41) is 3.10. The van der Waals surface area contributed by atoms with Crippen LogP contribution in [-0.2, 0) is 6.42 Å². The Hall–Kier alpha value is -3.02. The van der Waals surface area contributed by atoms with Crippen LogP contribution in [0.4, 0.5) is 0 Å². The summed E-state index contributed by atoms with van der Waals surface area (Å²) in [5.74, 6) is 0.847. The molecule has 0 aliphatic carbocycles. The maximum absolute atomic E-state index is 12.1. The predicted molar refractivity (Wildman–Crippen MR) is 83.8 cm³/mol. The Morgan fingerprint density at radius 1 is 1.26 bits per heavy atom. The van der Waals surface area contributed by atoms with Gasteiger partial charge in [0.2, 0.25) is 0 Å². The summed E-state index contributed by atoms with van der Waals surface area (Å²) in [5.41, 5.74) is 0.0399. The van der Waals surface area contributed by atoms with Crippen LogP contribution in [0.1, 0.15) is 16.3 Å². The summed E-state index contributed by atoms with van der Waals surface area (Å²) >= 11 is 0. The van der Waals surface area contributed by atoms with Gasteiger partial charge in [-0.25, -0.2) is 0 Å². The molecule has 1 amide bonds. The molecule has 1 N–H and O–H groups in total. The molecule has 3 rings (SSSR count). The summed E-state index contributed by atoms with van der Waals surface area (Å²) in [6.45, 7) is 0.381. The number of nitrogens with one attached hydrogen (secondary N) is 1. The van der Waals surface area contributed by atoms with Crippen LogP contribution < -0.4 is 15.5 Å². The molecule has 0 saturated heterocycles. The second-order valence-electron chi connectivity index (χ2n) is 4.92. The van der Waals surface area contributed by atoms with E-state index in [0.717, 1.165) is 5.76 Å². The zero-order valence-corrected chi connectivity index (χ0v) is 12.5. The number of carbonyl (C=O) groups is 1. The number of amides is 1. The summed E-state index contributed by atoms with van der Waals surface area (Å²) in [4.78, 5) is 24.2. The van der Waals surface area contributed by atoms with Gasteiger partial charge in [-0.1, -0.05) is 0 Å². The van der Waals surface area contributed by atoms with Crippen LogP contribution in [0.2, 0.25) is 0 Å². The van der Waals surface area contributed by atoms with Gasteiger partial charge in [-0.3, -0.25) is 9.59 Å². The van der Waals surface area contributed by atoms with Crippen molar-refractivity contribution >= 4 is 16.9 Å². The standard InChI is InChI=1S/C17H15NO5/c1-21-12-4-5-13-14(19)10-16(23-15(13)9-12)17(20)18-7-6-11-3-2-8-22-11/h2-5,8-10H,6-7H2,1H3,(H,18,20). The van der Waals surface area contributed by atoms with E-state index in [1.807, 2.05) is 6.07 Å². The van der Waals surface area contributed by atoms with Crippen molar-refractivity contribution < 1.29 is 18.4 Å². The minimum Gasteiger partial charge on any atom is -0.497 e. The first kappa shape index (κ1) is 14.9. The Bertz CT molecular complexity index is 880. The fourth-order valence-electron chi connectivity index (χ4n) is 2.22. The first-order valence-corrected chi connectivity index (χ1v) is 7.10. The van der Waals surface area contributed by atoms with Crippen LogP contribution in [-0.4, -0.2) is 19.6 Å². The molecule has 2 heterocycles. The molecule has 0 fully saturated rings. The summed E-state index contributed by atoms with van der Waals surface area (Å²) in [6, 6.07) is 9.66. The fraction of sp³-hybridized carbons (Fsp3) is 0.176. The average molecular weight is 313 g/mol. The van der Waals surface area contributed by atoms with Gasteiger partial charge < -0.3 is 18.9 Å². The molecular formula is C17H15NO5. The van der Waals surface area contributed by atoms with Crippen molar-refractivity contribution in [3.05, 3.63) is 64.4 Å². The number of methoxy groups -OCH3 is 1. The molecule has 6 heteroatoms. The number of fused-ring (bicyclic) bond motifs is 1. The number of furan rings is 1. The van der Waals surface area contributed by atoms with E-state index in [9.17, 15) is 9.59 Å². The second-order valence-corrected chi connectivity index (χ2v) is 4.92. The van der Waals surface area contributed by atoms with E-state index in [1.165, 1.54) is 13.2 Å². The van der Waals surface area contributed by atoms with Crippen molar-refractivity contribution in [1.82, 2.24) is 5.32 Å². The first-order valence-electron chi connectivity index (χ1n) is 7.10. The lowest BCUT2D eigenvalue weighted by molar-refractivity contribution is 0.0926. The molecule has 2 aromatic heterocycles. The Morgan fingerprint density at radius 2 is 2.13 bits per heavy atom. The highest BCUT2D eigenvalue weighted by Crippen LogP contribution is 2.19. The molecule has 6 nitrogen and oxygen atoms in total. The lowest BCUT2D eigenvalue weighted by atomic mass is 10.2. The van der Waals surface area contributed by atoms with E-state index >= 15 is 0 Å². The summed E-state index contributed by atoms with van der Waals surface area (Å²) in [6.07, 6.45) is 2.14. The van der Waals surface area contributed by atoms with Gasteiger partial charge in [-0.05, 0) is 24.3 Å². The van der Waals surface area contributed by atoms with Gasteiger partial charge in [0.25, 0.3) is 5.91 Å². The zero-order chi connectivity index (χ0) is 16.2. The molecule has 0 bridgehead atoms. The lowest BCUT2D eigenvalue weighted by Crippen LogP contribution is -2.26. The zero-order valence-electron chi connectivity index (χ0n) is 12.5. The highest BCUT2D eigenvalue weighted by molar-refractivity contribution is 5.93. The third kappa shape index (κ3) is 3.26. The van der Waals surface area contributed by atoms with E-state index in [4.69, 9.17) is 13.6 Å². The van der Waals surface area contributed by atoms with Gasteiger partial charge in [-0.15, -0.1) is 0 Å². The molecule has 0 aliphatic rings. The van der Waals surface area contributed by atoms with E-state index in [2.05, 4.69) is 5.32 Å². The number of rotatable bonds is 5. The smallest absolute Gasteiger partial charge is 0.287 e. The molecular weight excluding hydrogens is 298 g/mol. The monoisotopic (exact) mass is 313 g/mol. The highest BCUT2D eigenvalue weighted by Gasteiger charge is 2.12. The molecule has 0 radical (unpaired) electrons. The van der Waals surface area contributed by atoms with Crippen molar-refractivity contribution in [3.8, 4) is 5.75 Å². The minimum atomic E-state index is -0.446. The number of hydrogen-bond acceptors (Lipinski definition) is 5. The largest absolute Gasteiger partial charge is 0.497 e. The lowest BCUT2D eigenvalue weighted by Gasteiger charge is -2.05. The van der Waals surface area contributed by atoms with Gasteiger partial charge in [-0.2, -0.15) is 0 Å². The summed E-state index contributed by atoms with van der Waals surface area (Å²) < 4.78 is 15.8. The molecule has 1 aromatic carbocycles. The van der Waals surface area contributed by atoms with Gasteiger partial charge in [0.15, 0.2) is 11.2 Å². The van der Waals surface area contributed by atoms with Crippen molar-refractivity contribution in [2.24, 2.45) is 0 Å². The van der Waals surface area contributed by atoms with Crippen LogP contribution in [0.3, 0.4) is 0 Å². The number of benzene rings is 1. The van der Waals surface area contributed by atoms with Gasteiger partial charge >= 0.3 is 0 Å². The van der Waals surface area contributed by atoms with E-state index in [-0.39, 0.29) is 11.2 Å². The molecule has 0 spiro atoms. The highest BCUT2D eigenvalue weighted by atomic mass is 16.5. The predicted octanol–water partition coefficient (Wildman–Crippen LogP) is 2.37. The van der Waals surface area contributed by atoms with E-state index in [0.29, 0.717) is 29.7 Å². The normalized spacial score (nSPS) is 10.7. The third-order valence-electron chi connectivity index (χ3n) is 3.40. The SMILES string of the molecule is COc1ccc2c(=O)cc(C(=O)NCCc3ccco3)oc2c1. The molecule has 118 valence electrons. The molecule has 0 saturated carbocycles. The Labute approximate surface area is 131 Å². The Morgan fingerprint density at radius 3 is 2.87 bits per heavy atom. The minimum absolute atomic E-state index is 0.0322. The van der Waals surface area contributed by atoms with Crippen LogP contribution in [0.15, 0.2) is 56.3 Å². The third-order valence-corrected chi connectivity index (χ3v) is 3.40. The number of carbonyl (C=O) groups excluding carboxylic acids is 1. The van der Waals surface area contributed by atoms with Crippen LogP contribution >= 0.6 is 0 Å². The Kier molecular flexibility index (Phi) is 4.14. The molecule has 0 unspecified atom stereocenters. The molecule has 3 aromatic rings. The van der Waals surface area contributed by atoms with Crippen LogP contribution in [0.5, 0.6) is 5.75 Å². The van der Waals surface area contributed by atoms with Gasteiger partial charge in [0.1, 0.15) is 17.1 Å². The van der Waals surface area contributed by atoms with Crippen LogP contribution in [0, 0.1) is 0 Å². The van der Waals surface area contributed by atoms with Crippen molar-refractivity contribution in [1.29, 1.82) is 0 Å². The first-order chi connectivity index (χ1) is 11.2. The quantitative estimate of drug-likeness (QED) is 0.782. The maximum atomic E-state index is 12.1. The second kappa shape index (κ2) is 6.39. The topological polar surface area (TPSA) is 81.7 Å². The van der Waals surface area contributed by atoms with Crippen molar-refractivity contribution in [2.45, 2.75) is 6.42 Å².